The summed E-state index contributed by atoms with van der Waals surface area (Å²) in [5.41, 5.74) is 2.92. The van der Waals surface area contributed by atoms with Gasteiger partial charge in [0.1, 0.15) is 23.4 Å². The first-order valence-electron chi connectivity index (χ1n) is 8.73. The van der Waals surface area contributed by atoms with Crippen molar-refractivity contribution >= 4 is 10.0 Å². The lowest BCUT2D eigenvalue weighted by Gasteiger charge is -2.10. The standard InChI is InChI=1S/C19H21FN4O4S/c1-11-3-4-12(2)13(7-11)8-18-22-19(17(26)10-25)23-24(18)16-6-5-14(9-15(16)20)29(21,27)28/h3-7,9,17,25-26H,8,10H2,1-2H3,(H2,21,27,28). The molecule has 0 aliphatic rings. The van der Waals surface area contributed by atoms with Crippen molar-refractivity contribution in [1.82, 2.24) is 14.8 Å². The average molecular weight is 420 g/mol. The molecule has 0 amide bonds. The minimum Gasteiger partial charge on any atom is -0.393 e. The fourth-order valence-electron chi connectivity index (χ4n) is 2.89. The maximum absolute atomic E-state index is 14.7. The zero-order valence-corrected chi connectivity index (χ0v) is 16.7. The largest absolute Gasteiger partial charge is 0.393 e. The van der Waals surface area contributed by atoms with Crippen molar-refractivity contribution in [2.24, 2.45) is 5.14 Å². The Balaban J connectivity index is 2.13. The third kappa shape index (κ3) is 4.51. The van der Waals surface area contributed by atoms with Crippen LogP contribution in [0.2, 0.25) is 0 Å². The van der Waals surface area contributed by atoms with E-state index in [1.165, 1.54) is 16.8 Å². The van der Waals surface area contributed by atoms with Crippen LogP contribution in [-0.4, -0.2) is 40.0 Å². The predicted molar refractivity (Wildman–Crippen MR) is 103 cm³/mol. The van der Waals surface area contributed by atoms with E-state index in [4.69, 9.17) is 5.14 Å². The monoisotopic (exact) mass is 420 g/mol. The number of hydrogen-bond acceptors (Lipinski definition) is 6. The minimum absolute atomic E-state index is 0.0541. The van der Waals surface area contributed by atoms with Crippen molar-refractivity contribution in [2.45, 2.75) is 31.3 Å². The van der Waals surface area contributed by atoms with Gasteiger partial charge in [0, 0.05) is 6.42 Å². The van der Waals surface area contributed by atoms with Gasteiger partial charge in [-0.25, -0.2) is 27.6 Å². The molecular formula is C19H21FN4O4S. The molecule has 10 heteroatoms. The van der Waals surface area contributed by atoms with Crippen LogP contribution in [0.25, 0.3) is 5.69 Å². The van der Waals surface area contributed by atoms with Gasteiger partial charge in [-0.15, -0.1) is 5.10 Å². The number of nitrogens with two attached hydrogens (primary N) is 1. The molecule has 8 nitrogen and oxygen atoms in total. The van der Waals surface area contributed by atoms with Gasteiger partial charge in [-0.1, -0.05) is 23.8 Å². The second-order valence-electron chi connectivity index (χ2n) is 6.76. The fraction of sp³-hybridized carbons (Fsp3) is 0.263. The van der Waals surface area contributed by atoms with Crippen LogP contribution in [0.15, 0.2) is 41.3 Å². The molecule has 1 atom stereocenters. The van der Waals surface area contributed by atoms with E-state index in [1.807, 2.05) is 32.0 Å². The van der Waals surface area contributed by atoms with Crippen LogP contribution < -0.4 is 5.14 Å². The highest BCUT2D eigenvalue weighted by Crippen LogP contribution is 2.22. The number of aryl methyl sites for hydroxylation is 2. The molecule has 4 N–H and O–H groups in total. The molecule has 154 valence electrons. The predicted octanol–water partition coefficient (Wildman–Crippen LogP) is 1.29. The molecule has 0 spiro atoms. The Morgan fingerprint density at radius 3 is 2.55 bits per heavy atom. The van der Waals surface area contributed by atoms with E-state index >= 15 is 0 Å². The molecule has 0 saturated carbocycles. The summed E-state index contributed by atoms with van der Waals surface area (Å²) in [6.07, 6.45) is -1.05. The summed E-state index contributed by atoms with van der Waals surface area (Å²) in [6, 6.07) is 9.09. The second kappa shape index (κ2) is 7.99. The quantitative estimate of drug-likeness (QED) is 0.551. The molecule has 1 heterocycles. The van der Waals surface area contributed by atoms with E-state index in [-0.39, 0.29) is 22.8 Å². The van der Waals surface area contributed by atoms with Crippen LogP contribution in [0.3, 0.4) is 0 Å². The molecular weight excluding hydrogens is 399 g/mol. The van der Waals surface area contributed by atoms with Crippen molar-refractivity contribution < 1.29 is 23.0 Å². The molecule has 1 aromatic heterocycles. The van der Waals surface area contributed by atoms with E-state index in [2.05, 4.69) is 10.1 Å². The summed E-state index contributed by atoms with van der Waals surface area (Å²) < 4.78 is 38.8. The third-order valence-corrected chi connectivity index (χ3v) is 5.40. The van der Waals surface area contributed by atoms with Crippen LogP contribution >= 0.6 is 0 Å². The SMILES string of the molecule is Cc1ccc(C)c(Cc2nc(C(O)CO)nn2-c2ccc(S(N)(=O)=O)cc2F)c1. The topological polar surface area (TPSA) is 131 Å². The summed E-state index contributed by atoms with van der Waals surface area (Å²) in [4.78, 5) is 3.90. The zero-order valence-electron chi connectivity index (χ0n) is 15.9. The maximum Gasteiger partial charge on any atom is 0.238 e. The molecule has 0 radical (unpaired) electrons. The normalized spacial score (nSPS) is 12.9. The smallest absolute Gasteiger partial charge is 0.238 e. The first-order chi connectivity index (χ1) is 13.6. The Kier molecular flexibility index (Phi) is 5.80. The summed E-state index contributed by atoms with van der Waals surface area (Å²) >= 11 is 0. The first kappa shape index (κ1) is 21.1. The van der Waals surface area contributed by atoms with E-state index < -0.39 is 28.6 Å². The highest BCUT2D eigenvalue weighted by atomic mass is 32.2. The van der Waals surface area contributed by atoms with E-state index in [9.17, 15) is 23.0 Å². The van der Waals surface area contributed by atoms with Crippen LogP contribution in [0.5, 0.6) is 0 Å². The molecule has 3 aromatic rings. The number of primary sulfonamides is 1. The van der Waals surface area contributed by atoms with Crippen LogP contribution in [0.4, 0.5) is 4.39 Å². The number of aromatic nitrogens is 3. The van der Waals surface area contributed by atoms with Crippen molar-refractivity contribution in [2.75, 3.05) is 6.61 Å². The van der Waals surface area contributed by atoms with Gasteiger partial charge in [0.15, 0.2) is 5.82 Å². The minimum atomic E-state index is -4.06. The Morgan fingerprint density at radius 1 is 1.21 bits per heavy atom. The first-order valence-corrected chi connectivity index (χ1v) is 10.3. The fourth-order valence-corrected chi connectivity index (χ4v) is 3.42. The molecule has 0 bridgehead atoms. The number of benzene rings is 2. The lowest BCUT2D eigenvalue weighted by Crippen LogP contribution is -2.13. The van der Waals surface area contributed by atoms with Crippen LogP contribution in [0, 0.1) is 19.7 Å². The number of halogens is 1. The van der Waals surface area contributed by atoms with Crippen molar-refractivity contribution in [3.8, 4) is 5.69 Å². The lowest BCUT2D eigenvalue weighted by atomic mass is 10.0. The Morgan fingerprint density at radius 2 is 1.93 bits per heavy atom. The highest BCUT2D eigenvalue weighted by molar-refractivity contribution is 7.89. The van der Waals surface area contributed by atoms with Gasteiger partial charge in [-0.2, -0.15) is 0 Å². The van der Waals surface area contributed by atoms with Gasteiger partial charge in [0.05, 0.1) is 11.5 Å². The van der Waals surface area contributed by atoms with Gasteiger partial charge in [-0.3, -0.25) is 0 Å². The number of sulfonamides is 1. The van der Waals surface area contributed by atoms with Crippen molar-refractivity contribution in [3.05, 3.63) is 70.6 Å². The number of rotatable bonds is 6. The Bertz CT molecular complexity index is 1160. The molecule has 29 heavy (non-hydrogen) atoms. The summed E-state index contributed by atoms with van der Waals surface area (Å²) in [5, 5.41) is 28.3. The van der Waals surface area contributed by atoms with E-state index in [1.54, 1.807) is 0 Å². The molecule has 1 unspecified atom stereocenters. The highest BCUT2D eigenvalue weighted by Gasteiger charge is 2.21. The summed E-state index contributed by atoms with van der Waals surface area (Å²) in [5.74, 6) is -0.611. The van der Waals surface area contributed by atoms with E-state index in [0.29, 0.717) is 5.82 Å². The maximum atomic E-state index is 14.7. The lowest BCUT2D eigenvalue weighted by molar-refractivity contribution is 0.0886. The van der Waals surface area contributed by atoms with Crippen LogP contribution in [-0.2, 0) is 16.4 Å². The van der Waals surface area contributed by atoms with Gasteiger partial charge in [0.25, 0.3) is 0 Å². The van der Waals surface area contributed by atoms with Crippen molar-refractivity contribution in [1.29, 1.82) is 0 Å². The van der Waals surface area contributed by atoms with Crippen molar-refractivity contribution in [3.63, 3.8) is 0 Å². The molecule has 0 aliphatic carbocycles. The summed E-state index contributed by atoms with van der Waals surface area (Å²) in [7, 11) is -4.06. The zero-order chi connectivity index (χ0) is 21.3. The van der Waals surface area contributed by atoms with Gasteiger partial charge in [-0.05, 0) is 43.2 Å². The Hall–Kier alpha value is -2.66. The van der Waals surface area contributed by atoms with Crippen LogP contribution in [0.1, 0.15) is 34.4 Å². The summed E-state index contributed by atoms with van der Waals surface area (Å²) in [6.45, 7) is 3.28. The number of nitrogens with zero attached hydrogens (tertiary/aromatic N) is 3. The number of aliphatic hydroxyl groups is 2. The number of aliphatic hydroxyl groups excluding tert-OH is 2. The van der Waals surface area contributed by atoms with E-state index in [0.717, 1.165) is 22.8 Å². The molecule has 0 aliphatic heterocycles. The van der Waals surface area contributed by atoms with Gasteiger partial charge >= 0.3 is 0 Å². The Labute approximate surface area is 167 Å². The number of hydrogen-bond donors (Lipinski definition) is 3. The molecule has 3 rings (SSSR count). The average Bonchev–Trinajstić information content (AvgIpc) is 3.06. The molecule has 2 aromatic carbocycles. The molecule has 0 saturated heterocycles. The molecule has 0 fully saturated rings. The third-order valence-electron chi connectivity index (χ3n) is 4.49. The second-order valence-corrected chi connectivity index (χ2v) is 8.32. The van der Waals surface area contributed by atoms with Gasteiger partial charge in [0.2, 0.25) is 10.0 Å². The van der Waals surface area contributed by atoms with Gasteiger partial charge < -0.3 is 10.2 Å².